The number of unbranched alkanes of at least 4 members (excludes halogenated alkanes) is 12. The van der Waals surface area contributed by atoms with E-state index < -0.39 is 79.8 Å². The molecule has 0 spiro atoms. The highest BCUT2D eigenvalue weighted by Crippen LogP contribution is 2.28. The van der Waals surface area contributed by atoms with E-state index in [1.807, 2.05) is 30.3 Å². The molecule has 3 unspecified atom stereocenters. The fourth-order valence-electron chi connectivity index (χ4n) is 7.26. The molecule has 4 bridgehead atoms. The van der Waals surface area contributed by atoms with Crippen LogP contribution >= 0.6 is 0 Å². The van der Waals surface area contributed by atoms with Crippen molar-refractivity contribution in [1.82, 2.24) is 36.4 Å². The van der Waals surface area contributed by atoms with Gasteiger partial charge in [0, 0.05) is 34.0 Å². The summed E-state index contributed by atoms with van der Waals surface area (Å²) >= 11 is 0. The van der Waals surface area contributed by atoms with Crippen LogP contribution in [0.2, 0.25) is 0 Å². The summed E-state index contributed by atoms with van der Waals surface area (Å²) in [6.45, 7) is 0.0864. The minimum absolute atomic E-state index is 0.223. The Bertz CT molecular complexity index is 1740. The first-order valence-electron chi connectivity index (χ1n) is 21.5. The molecule has 2 aromatic rings. The summed E-state index contributed by atoms with van der Waals surface area (Å²) in [7, 11) is 4.31. The zero-order chi connectivity index (χ0) is 43.9. The molecule has 1 aliphatic rings. The predicted molar refractivity (Wildman–Crippen MR) is 230 cm³/mol. The van der Waals surface area contributed by atoms with Crippen LogP contribution in [0.1, 0.15) is 114 Å². The Morgan fingerprint density at radius 2 is 1.38 bits per heavy atom. The van der Waals surface area contributed by atoms with E-state index in [1.54, 1.807) is 18.2 Å². The third-order valence-electron chi connectivity index (χ3n) is 10.9. The summed E-state index contributed by atoms with van der Waals surface area (Å²) < 4.78 is 0. The van der Waals surface area contributed by atoms with Crippen LogP contribution in [0.15, 0.2) is 48.5 Å². The van der Waals surface area contributed by atoms with E-state index in [1.165, 1.54) is 83.8 Å². The highest BCUT2D eigenvalue weighted by molar-refractivity contribution is 5.95. The molecule has 7 amide bonds. The number of hydrogen-bond acceptors (Lipinski definition) is 8. The first kappa shape index (κ1) is 49.1. The Morgan fingerprint density at radius 1 is 0.783 bits per heavy atom. The van der Waals surface area contributed by atoms with Crippen LogP contribution in [-0.4, -0.2) is 116 Å². The van der Waals surface area contributed by atoms with Crippen molar-refractivity contribution in [3.05, 3.63) is 59.7 Å². The maximum Gasteiger partial charge on any atom is 0.247 e. The van der Waals surface area contributed by atoms with Gasteiger partial charge in [0.1, 0.15) is 18.1 Å². The standard InChI is InChI=1S/C45H67N7O8/c1-5-6-7-8-9-10-11-12-13-14-15-16-17-24-40(56)51(3)37(31-53)44(59)48-28-38(54)47-30-41(57)52(4)42-35-23-19-22-34(27-35)33-21-18-20-32(25-33)26-36(43(58)46-2)50-39(55)29-49-45(42)60/h18-23,25,27,36-37,42,53H,5-17,24,26,28-31H2,1-4H3,(H,46,58)(H,47,54)(H,48,59)(H,49,60)(H,50,55). The van der Waals surface area contributed by atoms with Crippen molar-refractivity contribution in [3.8, 4) is 11.1 Å². The summed E-state index contributed by atoms with van der Waals surface area (Å²) in [5.41, 5.74) is 2.80. The fraction of sp³-hybridized carbons (Fsp3) is 0.578. The Kier molecular flexibility index (Phi) is 21.8. The van der Waals surface area contributed by atoms with Gasteiger partial charge in [-0.15, -0.1) is 0 Å². The summed E-state index contributed by atoms with van der Waals surface area (Å²) in [6.07, 6.45) is 15.8. The highest BCUT2D eigenvalue weighted by Gasteiger charge is 2.31. The van der Waals surface area contributed by atoms with Gasteiger partial charge in [0.25, 0.3) is 0 Å². The highest BCUT2D eigenvalue weighted by atomic mass is 16.3. The van der Waals surface area contributed by atoms with Crippen molar-refractivity contribution < 1.29 is 38.7 Å². The molecular weight excluding hydrogens is 767 g/mol. The lowest BCUT2D eigenvalue weighted by Crippen LogP contribution is -2.52. The molecule has 15 nitrogen and oxygen atoms in total. The number of carbonyl (C=O) groups is 7. The van der Waals surface area contributed by atoms with Crippen molar-refractivity contribution in [2.45, 2.75) is 121 Å². The number of benzene rings is 2. The Labute approximate surface area is 355 Å². The number of likely N-dealkylation sites (N-methyl/N-ethyl adjacent to an activating group) is 3. The molecule has 0 radical (unpaired) electrons. The number of hydrogen-bond donors (Lipinski definition) is 6. The van der Waals surface area contributed by atoms with E-state index in [0.29, 0.717) is 12.0 Å². The minimum atomic E-state index is -1.21. The van der Waals surface area contributed by atoms with Crippen LogP contribution in [0, 0.1) is 0 Å². The third-order valence-corrected chi connectivity index (χ3v) is 10.9. The van der Waals surface area contributed by atoms with Gasteiger partial charge in [-0.2, -0.15) is 0 Å². The largest absolute Gasteiger partial charge is 0.394 e. The zero-order valence-electron chi connectivity index (χ0n) is 36.0. The van der Waals surface area contributed by atoms with E-state index in [-0.39, 0.29) is 18.7 Å². The Morgan fingerprint density at radius 3 is 2.00 bits per heavy atom. The van der Waals surface area contributed by atoms with Crippen molar-refractivity contribution in [2.75, 3.05) is 47.4 Å². The average molecular weight is 834 g/mol. The van der Waals surface area contributed by atoms with Gasteiger partial charge in [0.05, 0.1) is 26.2 Å². The summed E-state index contributed by atoms with van der Waals surface area (Å²) in [5, 5.41) is 22.6. The molecule has 1 aliphatic heterocycles. The number of nitrogens with zero attached hydrogens (tertiary/aromatic N) is 2. The lowest BCUT2D eigenvalue weighted by Gasteiger charge is -2.28. The SMILES string of the molecule is CCCCCCCCCCCCCCCC(=O)N(C)C(CO)C(=O)NCC(=O)NCC(=O)N(C)C1C(=O)NCC(=O)NC(C(=O)NC)Cc2cccc(c2)-c2cccc1c2. The molecule has 15 heteroatoms. The monoisotopic (exact) mass is 834 g/mol. The molecule has 2 aromatic carbocycles. The first-order chi connectivity index (χ1) is 28.9. The quantitative estimate of drug-likeness (QED) is 0.0915. The number of carbonyl (C=O) groups excluding carboxylic acids is 7. The molecule has 330 valence electrons. The number of rotatable bonds is 23. The maximum absolute atomic E-state index is 13.7. The number of aliphatic hydroxyl groups excluding tert-OH is 1. The molecule has 0 saturated heterocycles. The van der Waals surface area contributed by atoms with Crippen LogP contribution in [0.4, 0.5) is 0 Å². The number of aliphatic hydroxyl groups is 1. The van der Waals surface area contributed by atoms with Crippen LogP contribution in [0.25, 0.3) is 11.1 Å². The van der Waals surface area contributed by atoms with E-state index in [4.69, 9.17) is 0 Å². The summed E-state index contributed by atoms with van der Waals surface area (Å²) in [5.74, 6) is -4.01. The van der Waals surface area contributed by atoms with E-state index in [0.717, 1.165) is 40.9 Å². The summed E-state index contributed by atoms with van der Waals surface area (Å²) in [6, 6.07) is 11.2. The van der Waals surface area contributed by atoms with E-state index >= 15 is 0 Å². The summed E-state index contributed by atoms with van der Waals surface area (Å²) in [4.78, 5) is 93.5. The van der Waals surface area contributed by atoms with Gasteiger partial charge in [0.15, 0.2) is 0 Å². The normalized spacial score (nSPS) is 15.7. The maximum atomic E-state index is 13.7. The van der Waals surface area contributed by atoms with Crippen molar-refractivity contribution in [3.63, 3.8) is 0 Å². The molecule has 3 rings (SSSR count). The average Bonchev–Trinajstić information content (AvgIpc) is 3.25. The van der Waals surface area contributed by atoms with E-state index in [9.17, 15) is 38.7 Å². The van der Waals surface area contributed by atoms with Crippen molar-refractivity contribution >= 4 is 41.4 Å². The Hall–Kier alpha value is -5.31. The molecule has 0 aliphatic carbocycles. The molecule has 0 saturated carbocycles. The van der Waals surface area contributed by atoms with Gasteiger partial charge in [-0.25, -0.2) is 0 Å². The Balaban J connectivity index is 1.50. The fourth-order valence-corrected chi connectivity index (χ4v) is 7.26. The van der Waals surface area contributed by atoms with E-state index in [2.05, 4.69) is 33.5 Å². The number of amides is 7. The van der Waals surface area contributed by atoms with Crippen molar-refractivity contribution in [2.24, 2.45) is 0 Å². The van der Waals surface area contributed by atoms with Crippen LogP contribution in [-0.2, 0) is 40.0 Å². The first-order valence-corrected chi connectivity index (χ1v) is 21.5. The molecule has 6 N–H and O–H groups in total. The lowest BCUT2D eigenvalue weighted by atomic mass is 9.95. The smallest absolute Gasteiger partial charge is 0.247 e. The molecule has 0 fully saturated rings. The van der Waals surface area contributed by atoms with Crippen LogP contribution < -0.4 is 26.6 Å². The zero-order valence-corrected chi connectivity index (χ0v) is 36.0. The number of nitrogens with one attached hydrogen (secondary N) is 5. The van der Waals surface area contributed by atoms with Crippen LogP contribution in [0.3, 0.4) is 0 Å². The van der Waals surface area contributed by atoms with Gasteiger partial charge in [0.2, 0.25) is 41.4 Å². The van der Waals surface area contributed by atoms with Gasteiger partial charge < -0.3 is 41.5 Å². The molecule has 1 heterocycles. The second-order valence-electron chi connectivity index (χ2n) is 15.6. The number of fused-ring (bicyclic) bond motifs is 5. The lowest BCUT2D eigenvalue weighted by molar-refractivity contribution is -0.141. The molecular formula is C45H67N7O8. The predicted octanol–water partition coefficient (Wildman–Crippen LogP) is 3.29. The third kappa shape index (κ3) is 16.4. The van der Waals surface area contributed by atoms with Gasteiger partial charge in [-0.05, 0) is 34.7 Å². The second kappa shape index (κ2) is 26.7. The minimum Gasteiger partial charge on any atom is -0.394 e. The molecule has 3 atom stereocenters. The topological polar surface area (TPSA) is 206 Å². The second-order valence-corrected chi connectivity index (χ2v) is 15.6. The van der Waals surface area contributed by atoms with Gasteiger partial charge in [-0.3, -0.25) is 33.6 Å². The van der Waals surface area contributed by atoms with Gasteiger partial charge >= 0.3 is 0 Å². The molecule has 0 aromatic heterocycles. The van der Waals surface area contributed by atoms with Gasteiger partial charge in [-0.1, -0.05) is 126 Å². The van der Waals surface area contributed by atoms with Crippen molar-refractivity contribution in [1.29, 1.82) is 0 Å². The molecule has 60 heavy (non-hydrogen) atoms. The van der Waals surface area contributed by atoms with Crippen LogP contribution in [0.5, 0.6) is 0 Å².